The topological polar surface area (TPSA) is 506 Å². The fraction of sp³-hybridized carbons (Fsp3) is 0.430. The number of nitrogens with two attached hydrogens (primary N) is 5. The lowest BCUT2D eigenvalue weighted by Gasteiger charge is -2.12. The molecule has 114 heavy (non-hydrogen) atoms. The summed E-state index contributed by atoms with van der Waals surface area (Å²) >= 11 is 4.87. The quantitative estimate of drug-likeness (QED) is 0.0128. The molecule has 0 saturated carbocycles. The second-order valence-corrected chi connectivity index (χ2v) is 30.1. The van der Waals surface area contributed by atoms with Crippen molar-refractivity contribution in [2.45, 2.75) is 201 Å². The SMILES string of the molecule is CCCCCCNC(=O)Sc1ccccc1C(=O)N[C@H](C)C(N)=O.CCCCCNC(=O)Sc1ccccc1C(=O)NCCC(N)=O.CCCCCNC(=O)Sc1ccccc1C(=O)N[C@H](C)C(N)=O.CCCCNC(=O)Sc1ccccc1C(=O)NCCC(N)=O.CCCCNC(=O)Sc1ccccc1C(=O)N[C@H](C)C(N)=O. The molecule has 624 valence electrons. The summed E-state index contributed by atoms with van der Waals surface area (Å²) in [6.07, 6.45) is 14.5. The molecule has 0 aliphatic heterocycles. The fourth-order valence-electron chi connectivity index (χ4n) is 8.83. The van der Waals surface area contributed by atoms with Gasteiger partial charge in [0.05, 0.1) is 27.8 Å². The Bertz CT molecular complexity index is 3910. The molecule has 5 aromatic rings. The third-order valence-electron chi connectivity index (χ3n) is 15.3. The number of hydrogen-bond acceptors (Lipinski definition) is 20. The van der Waals surface area contributed by atoms with Gasteiger partial charge in [-0.05, 0) is 172 Å². The maximum atomic E-state index is 12.2. The molecule has 0 bridgehead atoms. The van der Waals surface area contributed by atoms with Gasteiger partial charge >= 0.3 is 0 Å². The Kier molecular flexibility index (Phi) is 54.9. The lowest BCUT2D eigenvalue weighted by Crippen LogP contribution is -2.42. The monoisotopic (exact) mass is 1670 g/mol. The zero-order valence-electron chi connectivity index (χ0n) is 66.1. The van der Waals surface area contributed by atoms with E-state index in [1.807, 2.05) is 13.8 Å². The summed E-state index contributed by atoms with van der Waals surface area (Å²) in [6.45, 7) is 18.4. The Morgan fingerprint density at radius 3 is 0.684 bits per heavy atom. The summed E-state index contributed by atoms with van der Waals surface area (Å²) in [5.74, 6) is -4.74. The van der Waals surface area contributed by atoms with Crippen LogP contribution in [0.4, 0.5) is 24.0 Å². The Balaban J connectivity index is 0.000000713. The smallest absolute Gasteiger partial charge is 0.283 e. The number of nitrogens with one attached hydrogen (secondary N) is 10. The van der Waals surface area contributed by atoms with Gasteiger partial charge in [0.15, 0.2) is 0 Å². The molecule has 0 heterocycles. The highest BCUT2D eigenvalue weighted by molar-refractivity contribution is 8.14. The van der Waals surface area contributed by atoms with Crippen LogP contribution in [0.1, 0.15) is 210 Å². The molecule has 0 aromatic heterocycles. The van der Waals surface area contributed by atoms with E-state index in [0.29, 0.717) is 85.0 Å². The molecular formula is C79H113N15O15S5. The molecule has 30 nitrogen and oxygen atoms in total. The summed E-state index contributed by atoms with van der Waals surface area (Å²) in [7, 11) is 0. The normalized spacial score (nSPS) is 11.0. The van der Waals surface area contributed by atoms with Gasteiger partial charge in [-0.3, -0.25) is 71.9 Å². The third-order valence-corrected chi connectivity index (χ3v) is 19.8. The van der Waals surface area contributed by atoms with E-state index in [2.05, 4.69) is 73.9 Å². The molecule has 0 saturated heterocycles. The lowest BCUT2D eigenvalue weighted by molar-refractivity contribution is -0.120. The van der Waals surface area contributed by atoms with Crippen molar-refractivity contribution >= 4 is 144 Å². The average molecular weight is 1670 g/mol. The Morgan fingerprint density at radius 2 is 0.465 bits per heavy atom. The van der Waals surface area contributed by atoms with E-state index in [9.17, 15) is 71.9 Å². The summed E-state index contributed by atoms with van der Waals surface area (Å²) in [6, 6.07) is 31.6. The Morgan fingerprint density at radius 1 is 0.263 bits per heavy atom. The highest BCUT2D eigenvalue weighted by atomic mass is 32.2. The predicted octanol–water partition coefficient (Wildman–Crippen LogP) is 11.0. The molecule has 0 fully saturated rings. The van der Waals surface area contributed by atoms with Crippen molar-refractivity contribution in [1.82, 2.24) is 53.2 Å². The van der Waals surface area contributed by atoms with Crippen LogP contribution in [0.15, 0.2) is 146 Å². The van der Waals surface area contributed by atoms with Gasteiger partial charge in [-0.25, -0.2) is 0 Å². The van der Waals surface area contributed by atoms with Crippen molar-refractivity contribution in [3.63, 3.8) is 0 Å². The van der Waals surface area contributed by atoms with Crippen molar-refractivity contribution in [2.75, 3.05) is 45.8 Å². The van der Waals surface area contributed by atoms with Gasteiger partial charge in [-0.1, -0.05) is 153 Å². The molecule has 0 aliphatic rings. The van der Waals surface area contributed by atoms with Gasteiger partial charge in [-0.2, -0.15) is 0 Å². The largest absolute Gasteiger partial charge is 0.370 e. The van der Waals surface area contributed by atoms with E-state index in [1.165, 1.54) is 20.8 Å². The summed E-state index contributed by atoms with van der Waals surface area (Å²) in [5.41, 5.74) is 27.3. The second-order valence-electron chi connectivity index (χ2n) is 25.0. The number of amides is 15. The minimum Gasteiger partial charge on any atom is -0.370 e. The third kappa shape index (κ3) is 46.2. The van der Waals surface area contributed by atoms with E-state index in [1.54, 1.807) is 121 Å². The molecule has 35 heteroatoms. The number of benzene rings is 5. The van der Waals surface area contributed by atoms with Crippen LogP contribution in [0.25, 0.3) is 0 Å². The molecule has 20 N–H and O–H groups in total. The number of primary amides is 5. The Labute approximate surface area is 689 Å². The van der Waals surface area contributed by atoms with Gasteiger partial charge in [0.1, 0.15) is 18.1 Å². The lowest BCUT2D eigenvalue weighted by atomic mass is 10.2. The molecule has 0 unspecified atom stereocenters. The number of thioether (sulfide) groups is 5. The number of hydrogen-bond donors (Lipinski definition) is 15. The van der Waals surface area contributed by atoms with E-state index in [0.717, 1.165) is 149 Å². The van der Waals surface area contributed by atoms with Gasteiger partial charge in [0.2, 0.25) is 29.5 Å². The standard InChI is InChI=1S/C17H25N3O3S.2C16H23N3O3S.2C15H21N3O3S/c1-3-4-5-8-11-19-17(23)24-14-10-7-6-9-13(14)16(22)20-12(2)15(18)21;1-3-4-7-10-18-16(22)23-13-9-6-5-8-12(13)15(21)19-11(2)14(17)20;1-2-3-6-10-19-16(22)23-13-8-5-4-7-12(13)15(21)18-11-9-14(17)20;1-3-4-9-17-15(21)22-12-8-6-5-7-11(12)14(20)18-10(2)13(16)19;1-2-3-9-18-15(21)22-12-7-5-4-6-11(12)14(20)17-10-8-13(16)19/h6-7,9-10,12H,3-5,8,11H2,1-2H3,(H2,18,21)(H,19,23)(H,20,22);5-6,8-9,11H,3-4,7,10H2,1-2H3,(H2,17,20)(H,18,22)(H,19,21);4-5,7-8H,2-3,6,9-11H2,1H3,(H2,17,20)(H,18,21)(H,19,22);5-8,10H,3-4,9H2,1-2H3,(H2,16,19)(H,17,21)(H,18,20);4-7H,2-3,8-10H2,1H3,(H2,16,19)(H,17,20)(H,18,21)/t12-;11-;;10-;/m11.1./s1. The van der Waals surface area contributed by atoms with Crippen LogP contribution in [-0.4, -0.2) is 149 Å². The van der Waals surface area contributed by atoms with Crippen molar-refractivity contribution in [1.29, 1.82) is 0 Å². The van der Waals surface area contributed by atoms with Gasteiger partial charge in [0.25, 0.3) is 55.7 Å². The summed E-state index contributed by atoms with van der Waals surface area (Å²) in [4.78, 5) is 178. The first kappa shape index (κ1) is 102. The Hall–Kier alpha value is -10.1. The molecule has 3 atom stereocenters. The highest BCUT2D eigenvalue weighted by Crippen LogP contribution is 2.28. The first-order valence-electron chi connectivity index (χ1n) is 37.6. The number of unbranched alkanes of at least 4 members (excludes halogenated alkanes) is 9. The van der Waals surface area contributed by atoms with Crippen LogP contribution in [0.3, 0.4) is 0 Å². The van der Waals surface area contributed by atoms with E-state index in [4.69, 9.17) is 28.7 Å². The molecule has 15 amide bonds. The van der Waals surface area contributed by atoms with Crippen molar-refractivity contribution in [3.05, 3.63) is 149 Å². The fourth-order valence-corrected chi connectivity index (χ4v) is 12.8. The van der Waals surface area contributed by atoms with Crippen LogP contribution in [-0.2, 0) is 24.0 Å². The van der Waals surface area contributed by atoms with E-state index >= 15 is 0 Å². The minimum absolute atomic E-state index is 0.0819. The zero-order chi connectivity index (χ0) is 85.2. The number of carbonyl (C=O) groups is 15. The average Bonchev–Trinajstić information content (AvgIpc) is 0.890. The van der Waals surface area contributed by atoms with Crippen LogP contribution < -0.4 is 81.8 Å². The molecule has 0 spiro atoms. The van der Waals surface area contributed by atoms with E-state index in [-0.39, 0.29) is 63.9 Å². The second kappa shape index (κ2) is 61.4. The van der Waals surface area contributed by atoms with Crippen LogP contribution in [0.5, 0.6) is 0 Å². The number of carbonyl (C=O) groups excluding carboxylic acids is 15. The van der Waals surface area contributed by atoms with Crippen molar-refractivity contribution in [2.24, 2.45) is 28.7 Å². The number of rotatable bonds is 41. The van der Waals surface area contributed by atoms with Crippen LogP contribution in [0, 0.1) is 0 Å². The van der Waals surface area contributed by atoms with Crippen molar-refractivity contribution in [3.8, 4) is 0 Å². The maximum absolute atomic E-state index is 12.2. The van der Waals surface area contributed by atoms with Gasteiger partial charge in [0, 0.05) is 83.1 Å². The summed E-state index contributed by atoms with van der Waals surface area (Å²) < 4.78 is 0. The van der Waals surface area contributed by atoms with E-state index < -0.39 is 65.4 Å². The molecular weight excluding hydrogens is 1560 g/mol. The highest BCUT2D eigenvalue weighted by Gasteiger charge is 2.23. The zero-order valence-corrected chi connectivity index (χ0v) is 70.2. The first-order valence-corrected chi connectivity index (χ1v) is 41.7. The van der Waals surface area contributed by atoms with Crippen molar-refractivity contribution < 1.29 is 71.9 Å². The van der Waals surface area contributed by atoms with Gasteiger partial charge in [-0.15, -0.1) is 0 Å². The summed E-state index contributed by atoms with van der Waals surface area (Å²) in [5, 5.41) is 25.8. The molecule has 0 aliphatic carbocycles. The molecule has 5 rings (SSSR count). The van der Waals surface area contributed by atoms with Gasteiger partial charge < -0.3 is 81.8 Å². The predicted molar refractivity (Wildman–Crippen MR) is 452 cm³/mol. The molecule has 5 aromatic carbocycles. The first-order chi connectivity index (χ1) is 54.4. The molecule has 0 radical (unpaired) electrons. The maximum Gasteiger partial charge on any atom is 0.283 e. The van der Waals surface area contributed by atoms with Crippen LogP contribution in [0.2, 0.25) is 0 Å². The minimum atomic E-state index is -0.775. The van der Waals surface area contributed by atoms with Crippen LogP contribution >= 0.6 is 58.8 Å².